The molecule has 0 spiro atoms. The van der Waals surface area contributed by atoms with E-state index in [1.54, 1.807) is 37.4 Å². The SMILES string of the molecule is CCCCCCCOc1cc(C(=O)Nc2nc(-c3ccc(OC)cc3Cl)cs2)ccc1OCC=O. The monoisotopic (exact) mass is 516 g/mol. The number of carbonyl (C=O) groups excluding carboxylic acids is 2. The minimum absolute atomic E-state index is 0.0891. The molecular formula is C26H29ClN2O5S. The molecule has 0 saturated carbocycles. The first-order valence-electron chi connectivity index (χ1n) is 11.5. The number of rotatable bonds is 14. The van der Waals surface area contributed by atoms with E-state index in [2.05, 4.69) is 17.2 Å². The van der Waals surface area contributed by atoms with E-state index in [1.807, 2.05) is 11.4 Å². The number of halogens is 1. The van der Waals surface area contributed by atoms with Gasteiger partial charge in [0.25, 0.3) is 5.91 Å². The van der Waals surface area contributed by atoms with Crippen LogP contribution in [-0.4, -0.2) is 37.5 Å². The molecule has 0 bridgehead atoms. The van der Waals surface area contributed by atoms with E-state index in [-0.39, 0.29) is 12.5 Å². The lowest BCUT2D eigenvalue weighted by Gasteiger charge is -2.13. The second-order valence-electron chi connectivity index (χ2n) is 7.74. The van der Waals surface area contributed by atoms with E-state index in [1.165, 1.54) is 24.2 Å². The van der Waals surface area contributed by atoms with Crippen molar-refractivity contribution in [2.24, 2.45) is 0 Å². The zero-order valence-corrected chi connectivity index (χ0v) is 21.4. The van der Waals surface area contributed by atoms with Crippen molar-refractivity contribution in [2.75, 3.05) is 25.6 Å². The highest BCUT2D eigenvalue weighted by atomic mass is 35.5. The molecule has 1 N–H and O–H groups in total. The van der Waals surface area contributed by atoms with Crippen LogP contribution in [0.1, 0.15) is 49.4 Å². The van der Waals surface area contributed by atoms with E-state index in [0.717, 1.165) is 24.8 Å². The quantitative estimate of drug-likeness (QED) is 0.190. The summed E-state index contributed by atoms with van der Waals surface area (Å²) in [4.78, 5) is 28.1. The lowest BCUT2D eigenvalue weighted by atomic mass is 10.1. The standard InChI is InChI=1S/C26H29ClN2O5S/c1-3-4-5-6-7-13-33-24-15-18(8-11-23(24)34-14-12-30)25(31)29-26-28-22(17-35-26)20-10-9-19(32-2)16-21(20)27/h8-12,15-17H,3-7,13-14H2,1-2H3,(H,28,29,31). The van der Waals surface area contributed by atoms with Crippen molar-refractivity contribution in [1.29, 1.82) is 0 Å². The van der Waals surface area contributed by atoms with Crippen molar-refractivity contribution < 1.29 is 23.8 Å². The maximum atomic E-state index is 12.9. The Morgan fingerprint density at radius 3 is 2.66 bits per heavy atom. The molecule has 0 aliphatic heterocycles. The number of amides is 1. The predicted molar refractivity (Wildman–Crippen MR) is 139 cm³/mol. The Bertz CT molecular complexity index is 1130. The van der Waals surface area contributed by atoms with Crippen molar-refractivity contribution in [1.82, 2.24) is 4.98 Å². The maximum absolute atomic E-state index is 12.9. The zero-order chi connectivity index (χ0) is 25.0. The Balaban J connectivity index is 1.68. The number of carbonyl (C=O) groups is 2. The summed E-state index contributed by atoms with van der Waals surface area (Å²) in [7, 11) is 1.58. The number of aldehydes is 1. The fourth-order valence-corrected chi connectivity index (χ4v) is 4.32. The number of nitrogens with one attached hydrogen (secondary N) is 1. The lowest BCUT2D eigenvalue weighted by molar-refractivity contribution is -0.109. The summed E-state index contributed by atoms with van der Waals surface area (Å²) in [6, 6.07) is 10.2. The average Bonchev–Trinajstić information content (AvgIpc) is 3.33. The molecule has 3 aromatic rings. The third-order valence-electron chi connectivity index (χ3n) is 5.20. The number of ether oxygens (including phenoxy) is 3. The van der Waals surface area contributed by atoms with Crippen molar-refractivity contribution in [3.8, 4) is 28.5 Å². The third-order valence-corrected chi connectivity index (χ3v) is 6.27. The Kier molecular flexibility index (Phi) is 10.4. The summed E-state index contributed by atoms with van der Waals surface area (Å²) < 4.78 is 16.5. The summed E-state index contributed by atoms with van der Waals surface area (Å²) in [5.41, 5.74) is 1.79. The largest absolute Gasteiger partial charge is 0.497 e. The molecule has 1 amide bonds. The second kappa shape index (κ2) is 13.7. The molecule has 186 valence electrons. The highest BCUT2D eigenvalue weighted by Gasteiger charge is 2.15. The molecule has 0 atom stereocenters. The Morgan fingerprint density at radius 1 is 1.09 bits per heavy atom. The van der Waals surface area contributed by atoms with Gasteiger partial charge in [-0.25, -0.2) is 4.98 Å². The topological polar surface area (TPSA) is 86.8 Å². The van der Waals surface area contributed by atoms with Crippen LogP contribution >= 0.6 is 22.9 Å². The van der Waals surface area contributed by atoms with Crippen molar-refractivity contribution in [2.45, 2.75) is 39.0 Å². The molecule has 2 aromatic carbocycles. The number of thiazole rings is 1. The van der Waals surface area contributed by atoms with Gasteiger partial charge in [-0.3, -0.25) is 14.9 Å². The van der Waals surface area contributed by atoms with Crippen molar-refractivity contribution in [3.05, 3.63) is 52.4 Å². The zero-order valence-electron chi connectivity index (χ0n) is 19.8. The van der Waals surface area contributed by atoms with Gasteiger partial charge < -0.3 is 14.2 Å². The first-order valence-corrected chi connectivity index (χ1v) is 12.8. The molecule has 0 aliphatic carbocycles. The van der Waals surface area contributed by atoms with E-state index in [9.17, 15) is 9.59 Å². The number of nitrogens with zero attached hydrogens (tertiary/aromatic N) is 1. The minimum Gasteiger partial charge on any atom is -0.497 e. The smallest absolute Gasteiger partial charge is 0.257 e. The Labute approximate surface area is 214 Å². The second-order valence-corrected chi connectivity index (χ2v) is 9.00. The summed E-state index contributed by atoms with van der Waals surface area (Å²) in [5, 5.41) is 5.60. The molecular weight excluding hydrogens is 488 g/mol. The fraction of sp³-hybridized carbons (Fsp3) is 0.346. The van der Waals surface area contributed by atoms with Gasteiger partial charge in [-0.2, -0.15) is 0 Å². The van der Waals surface area contributed by atoms with Crippen LogP contribution in [0.15, 0.2) is 41.8 Å². The molecule has 0 fully saturated rings. The molecule has 9 heteroatoms. The van der Waals surface area contributed by atoms with Gasteiger partial charge in [0.15, 0.2) is 22.9 Å². The molecule has 7 nitrogen and oxygen atoms in total. The number of aromatic nitrogens is 1. The van der Waals surface area contributed by atoms with Crippen LogP contribution in [0.2, 0.25) is 5.02 Å². The van der Waals surface area contributed by atoms with Gasteiger partial charge in [0, 0.05) is 16.5 Å². The number of hydrogen-bond acceptors (Lipinski definition) is 7. The highest BCUT2D eigenvalue weighted by molar-refractivity contribution is 7.14. The highest BCUT2D eigenvalue weighted by Crippen LogP contribution is 2.34. The number of methoxy groups -OCH3 is 1. The molecule has 3 rings (SSSR count). The summed E-state index contributed by atoms with van der Waals surface area (Å²) in [5.74, 6) is 1.18. The normalized spacial score (nSPS) is 10.6. The van der Waals surface area contributed by atoms with E-state index >= 15 is 0 Å². The maximum Gasteiger partial charge on any atom is 0.257 e. The number of unbranched alkanes of at least 4 members (excludes halogenated alkanes) is 4. The van der Waals surface area contributed by atoms with Crippen LogP contribution in [0.25, 0.3) is 11.3 Å². The summed E-state index contributed by atoms with van der Waals surface area (Å²) >= 11 is 7.65. The van der Waals surface area contributed by atoms with Crippen LogP contribution in [0.4, 0.5) is 5.13 Å². The predicted octanol–water partition coefficient (Wildman–Crippen LogP) is 6.65. The van der Waals surface area contributed by atoms with Crippen LogP contribution in [0.5, 0.6) is 17.2 Å². The minimum atomic E-state index is -0.332. The average molecular weight is 517 g/mol. The molecule has 0 unspecified atom stereocenters. The van der Waals surface area contributed by atoms with Crippen LogP contribution in [0.3, 0.4) is 0 Å². The van der Waals surface area contributed by atoms with Gasteiger partial charge in [-0.15, -0.1) is 11.3 Å². The first-order chi connectivity index (χ1) is 17.0. The Hall–Kier alpha value is -3.10. The number of anilines is 1. The lowest BCUT2D eigenvalue weighted by Crippen LogP contribution is -2.12. The van der Waals surface area contributed by atoms with Crippen LogP contribution in [-0.2, 0) is 4.79 Å². The molecule has 35 heavy (non-hydrogen) atoms. The van der Waals surface area contributed by atoms with E-state index in [0.29, 0.717) is 51.6 Å². The van der Waals surface area contributed by atoms with Gasteiger partial charge in [0.1, 0.15) is 12.4 Å². The number of benzene rings is 2. The van der Waals surface area contributed by atoms with E-state index in [4.69, 9.17) is 25.8 Å². The van der Waals surface area contributed by atoms with Gasteiger partial charge in [-0.1, -0.05) is 44.2 Å². The van der Waals surface area contributed by atoms with Gasteiger partial charge >= 0.3 is 0 Å². The Morgan fingerprint density at radius 2 is 1.91 bits per heavy atom. The van der Waals surface area contributed by atoms with E-state index < -0.39 is 0 Å². The van der Waals surface area contributed by atoms with Gasteiger partial charge in [0.2, 0.25) is 0 Å². The van der Waals surface area contributed by atoms with Crippen LogP contribution < -0.4 is 19.5 Å². The van der Waals surface area contributed by atoms with Crippen molar-refractivity contribution in [3.63, 3.8) is 0 Å². The molecule has 0 aliphatic rings. The summed E-state index contributed by atoms with van der Waals surface area (Å²) in [6.45, 7) is 2.59. The molecule has 1 heterocycles. The summed E-state index contributed by atoms with van der Waals surface area (Å²) in [6.07, 6.45) is 6.18. The molecule has 0 radical (unpaired) electrons. The van der Waals surface area contributed by atoms with Crippen molar-refractivity contribution >= 4 is 40.3 Å². The molecule has 0 saturated heterocycles. The third kappa shape index (κ3) is 7.70. The fourth-order valence-electron chi connectivity index (χ4n) is 3.35. The van der Waals surface area contributed by atoms with Gasteiger partial charge in [0.05, 0.1) is 24.4 Å². The van der Waals surface area contributed by atoms with Gasteiger partial charge in [-0.05, 0) is 42.8 Å². The molecule has 1 aromatic heterocycles. The van der Waals surface area contributed by atoms with Crippen LogP contribution in [0, 0.1) is 0 Å². The first kappa shape index (κ1) is 26.5. The number of hydrogen-bond donors (Lipinski definition) is 1.